The van der Waals surface area contributed by atoms with Gasteiger partial charge in [-0.05, 0) is 12.0 Å². The Balaban J connectivity index is 2.34. The van der Waals surface area contributed by atoms with E-state index in [0.29, 0.717) is 6.61 Å². The van der Waals surface area contributed by atoms with Crippen LogP contribution in [0, 0.1) is 0 Å². The van der Waals surface area contributed by atoms with Crippen LogP contribution in [0.25, 0.3) is 0 Å². The van der Waals surface area contributed by atoms with E-state index in [1.807, 2.05) is 18.2 Å². The summed E-state index contributed by atoms with van der Waals surface area (Å²) in [6.07, 6.45) is 1.31. The molecule has 1 rings (SSSR count). The van der Waals surface area contributed by atoms with Crippen molar-refractivity contribution in [2.75, 3.05) is 5.75 Å². The molecule has 0 radical (unpaired) electrons. The lowest BCUT2D eigenvalue weighted by molar-refractivity contribution is 0.0542. The number of ether oxygens (including phenoxy) is 1. The largest absolute Gasteiger partial charge is 0.373 e. The maximum Gasteiger partial charge on any atom is 0.0721 e. The summed E-state index contributed by atoms with van der Waals surface area (Å²) in [4.78, 5) is 0. The van der Waals surface area contributed by atoms with Crippen molar-refractivity contribution in [3.8, 4) is 0 Å². The van der Waals surface area contributed by atoms with Gasteiger partial charge in [-0.3, -0.25) is 0 Å². The van der Waals surface area contributed by atoms with Crippen LogP contribution in [0.3, 0.4) is 0 Å². The van der Waals surface area contributed by atoms with Crippen LogP contribution in [-0.4, -0.2) is 11.9 Å². The van der Waals surface area contributed by atoms with E-state index >= 15 is 0 Å². The maximum atomic E-state index is 5.65. The van der Waals surface area contributed by atoms with Gasteiger partial charge < -0.3 is 4.74 Å². The number of hydrogen-bond donors (Lipinski definition) is 1. The van der Waals surface area contributed by atoms with Gasteiger partial charge in [-0.15, -0.1) is 0 Å². The monoisotopic (exact) mass is 196 g/mol. The zero-order valence-corrected chi connectivity index (χ0v) is 8.84. The molecule has 0 saturated heterocycles. The zero-order chi connectivity index (χ0) is 9.52. The Morgan fingerprint density at radius 3 is 2.54 bits per heavy atom. The molecule has 0 heterocycles. The molecule has 0 saturated carbocycles. The van der Waals surface area contributed by atoms with E-state index in [1.54, 1.807) is 0 Å². The highest BCUT2D eigenvalue weighted by molar-refractivity contribution is 7.80. The van der Waals surface area contributed by atoms with E-state index in [4.69, 9.17) is 4.74 Å². The summed E-state index contributed by atoms with van der Waals surface area (Å²) in [5.41, 5.74) is 1.22. The molecule has 1 aromatic rings. The number of rotatable bonds is 5. The first-order valence-corrected chi connectivity index (χ1v) is 5.26. The molecule has 1 unspecified atom stereocenters. The fourth-order valence-corrected chi connectivity index (χ4v) is 1.45. The fraction of sp³-hybridized carbons (Fsp3) is 0.455. The van der Waals surface area contributed by atoms with Gasteiger partial charge in [0.1, 0.15) is 0 Å². The van der Waals surface area contributed by atoms with Crippen molar-refractivity contribution in [3.63, 3.8) is 0 Å². The van der Waals surface area contributed by atoms with Gasteiger partial charge in [-0.25, -0.2) is 0 Å². The van der Waals surface area contributed by atoms with Crippen molar-refractivity contribution in [2.45, 2.75) is 26.1 Å². The van der Waals surface area contributed by atoms with Crippen LogP contribution >= 0.6 is 12.6 Å². The van der Waals surface area contributed by atoms with Crippen LogP contribution in [0.2, 0.25) is 0 Å². The molecule has 0 aliphatic rings. The summed E-state index contributed by atoms with van der Waals surface area (Å²) < 4.78 is 5.65. The molecule has 13 heavy (non-hydrogen) atoms. The van der Waals surface area contributed by atoms with Crippen molar-refractivity contribution in [3.05, 3.63) is 35.9 Å². The maximum absolute atomic E-state index is 5.65. The first-order chi connectivity index (χ1) is 6.36. The second-order valence-electron chi connectivity index (χ2n) is 3.01. The summed E-state index contributed by atoms with van der Waals surface area (Å²) in [5.74, 6) is 0.795. The van der Waals surface area contributed by atoms with Crippen molar-refractivity contribution in [1.29, 1.82) is 0 Å². The Bertz CT molecular complexity index is 219. The van der Waals surface area contributed by atoms with Crippen LogP contribution in [0.1, 0.15) is 18.9 Å². The highest BCUT2D eigenvalue weighted by Crippen LogP contribution is 2.06. The Kier molecular flexibility index (Phi) is 4.94. The van der Waals surface area contributed by atoms with Crippen LogP contribution in [-0.2, 0) is 11.3 Å². The smallest absolute Gasteiger partial charge is 0.0721 e. The Morgan fingerprint density at radius 1 is 1.31 bits per heavy atom. The van der Waals surface area contributed by atoms with E-state index in [0.717, 1.165) is 12.2 Å². The summed E-state index contributed by atoms with van der Waals surface area (Å²) in [6, 6.07) is 10.2. The zero-order valence-electron chi connectivity index (χ0n) is 7.94. The molecule has 0 bridgehead atoms. The molecule has 0 fully saturated rings. The SMILES string of the molecule is CCC(CS)OCc1ccccc1. The third kappa shape index (κ3) is 3.83. The van der Waals surface area contributed by atoms with Gasteiger partial charge in [0.05, 0.1) is 12.7 Å². The highest BCUT2D eigenvalue weighted by atomic mass is 32.1. The summed E-state index contributed by atoms with van der Waals surface area (Å²) in [7, 11) is 0. The minimum Gasteiger partial charge on any atom is -0.373 e. The summed E-state index contributed by atoms with van der Waals surface area (Å²) >= 11 is 4.22. The van der Waals surface area contributed by atoms with Gasteiger partial charge in [0.15, 0.2) is 0 Å². The molecule has 1 nitrogen and oxygen atoms in total. The van der Waals surface area contributed by atoms with E-state index in [-0.39, 0.29) is 6.10 Å². The highest BCUT2D eigenvalue weighted by Gasteiger charge is 2.02. The average molecular weight is 196 g/mol. The Hall–Kier alpha value is -0.470. The van der Waals surface area contributed by atoms with Crippen LogP contribution < -0.4 is 0 Å². The van der Waals surface area contributed by atoms with Crippen LogP contribution in [0.4, 0.5) is 0 Å². The van der Waals surface area contributed by atoms with E-state index in [9.17, 15) is 0 Å². The molecule has 2 heteroatoms. The molecule has 0 aromatic heterocycles. The molecule has 0 aliphatic carbocycles. The van der Waals surface area contributed by atoms with Crippen LogP contribution in [0.5, 0.6) is 0 Å². The summed E-state index contributed by atoms with van der Waals surface area (Å²) in [5, 5.41) is 0. The molecular formula is C11H16OS. The predicted octanol–water partition coefficient (Wildman–Crippen LogP) is 2.91. The second kappa shape index (κ2) is 6.06. The Labute approximate surface area is 85.5 Å². The van der Waals surface area contributed by atoms with E-state index in [1.165, 1.54) is 5.56 Å². The van der Waals surface area contributed by atoms with Crippen molar-refractivity contribution < 1.29 is 4.74 Å². The number of hydrogen-bond acceptors (Lipinski definition) is 2. The molecule has 1 atom stereocenters. The van der Waals surface area contributed by atoms with Crippen molar-refractivity contribution in [2.24, 2.45) is 0 Å². The van der Waals surface area contributed by atoms with Crippen molar-refractivity contribution >= 4 is 12.6 Å². The molecule has 0 amide bonds. The van der Waals surface area contributed by atoms with Gasteiger partial charge in [-0.1, -0.05) is 37.3 Å². The molecule has 0 spiro atoms. The molecule has 0 N–H and O–H groups in total. The fourth-order valence-electron chi connectivity index (χ4n) is 1.09. The predicted molar refractivity (Wildman–Crippen MR) is 59.2 cm³/mol. The lowest BCUT2D eigenvalue weighted by Gasteiger charge is -2.12. The number of thiol groups is 1. The lowest BCUT2D eigenvalue weighted by atomic mass is 10.2. The minimum absolute atomic E-state index is 0.281. The molecular weight excluding hydrogens is 180 g/mol. The van der Waals surface area contributed by atoms with Crippen LogP contribution in [0.15, 0.2) is 30.3 Å². The normalized spacial score (nSPS) is 12.8. The topological polar surface area (TPSA) is 9.23 Å². The van der Waals surface area contributed by atoms with Gasteiger partial charge in [0, 0.05) is 5.75 Å². The van der Waals surface area contributed by atoms with Gasteiger partial charge in [-0.2, -0.15) is 12.6 Å². The molecule has 72 valence electrons. The minimum atomic E-state index is 0.281. The summed E-state index contributed by atoms with van der Waals surface area (Å²) in [6.45, 7) is 2.81. The average Bonchev–Trinajstić information content (AvgIpc) is 2.21. The number of benzene rings is 1. The first kappa shape index (κ1) is 10.6. The quantitative estimate of drug-likeness (QED) is 0.712. The standard InChI is InChI=1S/C11H16OS/c1-2-11(9-13)12-8-10-6-4-3-5-7-10/h3-7,11,13H,2,8-9H2,1H3. The lowest BCUT2D eigenvalue weighted by Crippen LogP contribution is -2.13. The molecule has 1 aromatic carbocycles. The van der Waals surface area contributed by atoms with Crippen molar-refractivity contribution in [1.82, 2.24) is 0 Å². The van der Waals surface area contributed by atoms with Gasteiger partial charge in [0.25, 0.3) is 0 Å². The first-order valence-electron chi connectivity index (χ1n) is 4.63. The van der Waals surface area contributed by atoms with E-state index < -0.39 is 0 Å². The van der Waals surface area contributed by atoms with E-state index in [2.05, 4.69) is 31.7 Å². The van der Waals surface area contributed by atoms with Gasteiger partial charge in [0.2, 0.25) is 0 Å². The third-order valence-electron chi connectivity index (χ3n) is 1.99. The molecule has 0 aliphatic heterocycles. The van der Waals surface area contributed by atoms with Gasteiger partial charge >= 0.3 is 0 Å². The Morgan fingerprint density at radius 2 is 2.00 bits per heavy atom. The third-order valence-corrected chi connectivity index (χ3v) is 2.39. The second-order valence-corrected chi connectivity index (χ2v) is 3.37.